The van der Waals surface area contributed by atoms with Crippen molar-refractivity contribution in [1.82, 2.24) is 10.3 Å². The van der Waals surface area contributed by atoms with Gasteiger partial charge in [-0.15, -0.1) is 0 Å². The maximum atomic E-state index is 5.56. The van der Waals surface area contributed by atoms with E-state index in [1.165, 1.54) is 19.3 Å². The van der Waals surface area contributed by atoms with Crippen LogP contribution in [0.15, 0.2) is 22.6 Å². The van der Waals surface area contributed by atoms with Crippen LogP contribution in [0.4, 0.5) is 5.69 Å². The van der Waals surface area contributed by atoms with Crippen LogP contribution in [0.5, 0.6) is 0 Å². The lowest BCUT2D eigenvalue weighted by molar-refractivity contribution is 0.151. The van der Waals surface area contributed by atoms with Crippen molar-refractivity contribution in [1.29, 1.82) is 0 Å². The van der Waals surface area contributed by atoms with Gasteiger partial charge in [-0.05, 0) is 32.0 Å². The third kappa shape index (κ3) is 2.45. The summed E-state index contributed by atoms with van der Waals surface area (Å²) in [6.45, 7) is 3.99. The second kappa shape index (κ2) is 4.85. The van der Waals surface area contributed by atoms with E-state index in [2.05, 4.69) is 21.7 Å². The fourth-order valence-corrected chi connectivity index (χ4v) is 2.91. The monoisotopic (exact) mass is 259 g/mol. The molecule has 2 N–H and O–H groups in total. The van der Waals surface area contributed by atoms with E-state index < -0.39 is 0 Å². The first-order valence-electron chi connectivity index (χ1n) is 6.96. The van der Waals surface area contributed by atoms with Crippen LogP contribution in [0.3, 0.4) is 0 Å². The Morgan fingerprint density at radius 3 is 2.84 bits per heavy atom. The number of fused-ring (bicyclic) bond motifs is 1. The first-order valence-corrected chi connectivity index (χ1v) is 6.96. The molecule has 0 saturated heterocycles. The van der Waals surface area contributed by atoms with E-state index in [9.17, 15) is 0 Å². The molecule has 0 bridgehead atoms. The topological polar surface area (TPSA) is 50.1 Å². The Hall–Kier alpha value is -1.55. The molecule has 4 nitrogen and oxygen atoms in total. The van der Waals surface area contributed by atoms with E-state index in [0.717, 1.165) is 35.8 Å². The normalized spacial score (nSPS) is 17.4. The van der Waals surface area contributed by atoms with E-state index in [0.29, 0.717) is 5.41 Å². The van der Waals surface area contributed by atoms with Crippen LogP contribution in [-0.2, 0) is 0 Å². The van der Waals surface area contributed by atoms with Crippen molar-refractivity contribution < 1.29 is 4.42 Å². The summed E-state index contributed by atoms with van der Waals surface area (Å²) in [4.78, 5) is 4.32. The predicted octanol–water partition coefficient (Wildman–Crippen LogP) is 2.94. The van der Waals surface area contributed by atoms with Crippen LogP contribution < -0.4 is 10.6 Å². The van der Waals surface area contributed by atoms with Gasteiger partial charge >= 0.3 is 0 Å². The predicted molar refractivity (Wildman–Crippen MR) is 77.4 cm³/mol. The Labute approximate surface area is 113 Å². The van der Waals surface area contributed by atoms with Gasteiger partial charge < -0.3 is 15.1 Å². The van der Waals surface area contributed by atoms with Crippen molar-refractivity contribution in [2.45, 2.75) is 26.2 Å². The lowest BCUT2D eigenvalue weighted by atomic mass is 9.68. The molecule has 102 valence electrons. The molecule has 1 heterocycles. The Kier molecular flexibility index (Phi) is 3.19. The van der Waals surface area contributed by atoms with E-state index >= 15 is 0 Å². The molecule has 0 radical (unpaired) electrons. The first-order chi connectivity index (χ1) is 9.21. The molecule has 4 heteroatoms. The van der Waals surface area contributed by atoms with Crippen molar-refractivity contribution in [2.75, 3.05) is 25.5 Å². The van der Waals surface area contributed by atoms with Crippen LogP contribution in [0.2, 0.25) is 0 Å². The van der Waals surface area contributed by atoms with Gasteiger partial charge in [0.1, 0.15) is 5.52 Å². The van der Waals surface area contributed by atoms with Crippen LogP contribution in [0.1, 0.15) is 25.2 Å². The van der Waals surface area contributed by atoms with Crippen molar-refractivity contribution in [3.8, 4) is 0 Å². The molecule has 0 aliphatic heterocycles. The SMILES string of the molecule is CNCC1(CNc2ccc3nc(C)oc3c2)CCC1. The largest absolute Gasteiger partial charge is 0.441 e. The summed E-state index contributed by atoms with van der Waals surface area (Å²) in [5.74, 6) is 0.720. The molecule has 2 aromatic rings. The zero-order valence-electron chi connectivity index (χ0n) is 11.6. The Morgan fingerprint density at radius 1 is 1.32 bits per heavy atom. The number of benzene rings is 1. The highest BCUT2D eigenvalue weighted by Crippen LogP contribution is 2.40. The summed E-state index contributed by atoms with van der Waals surface area (Å²) < 4.78 is 5.56. The van der Waals surface area contributed by atoms with E-state index in [-0.39, 0.29) is 0 Å². The molecule has 1 aliphatic carbocycles. The molecule has 1 aromatic heterocycles. The standard InChI is InChI=1S/C15H21N3O/c1-11-18-13-5-4-12(8-14(13)19-11)17-10-15(9-16-2)6-3-7-15/h4-5,8,16-17H,3,6-7,9-10H2,1-2H3. The number of hydrogen-bond acceptors (Lipinski definition) is 4. The molecule has 0 unspecified atom stereocenters. The molecule has 3 rings (SSSR count). The molecule has 0 spiro atoms. The van der Waals surface area contributed by atoms with Crippen LogP contribution >= 0.6 is 0 Å². The zero-order chi connectivity index (χ0) is 13.3. The maximum Gasteiger partial charge on any atom is 0.192 e. The van der Waals surface area contributed by atoms with Gasteiger partial charge in [-0.25, -0.2) is 4.98 Å². The highest BCUT2D eigenvalue weighted by molar-refractivity contribution is 5.77. The number of oxazole rings is 1. The molecule has 0 atom stereocenters. The quantitative estimate of drug-likeness (QED) is 0.866. The number of anilines is 1. The van der Waals surface area contributed by atoms with E-state index in [4.69, 9.17) is 4.42 Å². The van der Waals surface area contributed by atoms with Crippen LogP contribution in [-0.4, -0.2) is 25.1 Å². The lowest BCUT2D eigenvalue weighted by Gasteiger charge is -2.42. The first kappa shape index (κ1) is 12.5. The minimum absolute atomic E-state index is 0.432. The maximum absolute atomic E-state index is 5.56. The van der Waals surface area contributed by atoms with Crippen molar-refractivity contribution in [3.05, 3.63) is 24.1 Å². The number of nitrogens with one attached hydrogen (secondary N) is 2. The minimum atomic E-state index is 0.432. The number of hydrogen-bond donors (Lipinski definition) is 2. The molecular weight excluding hydrogens is 238 g/mol. The van der Waals surface area contributed by atoms with Gasteiger partial charge in [-0.3, -0.25) is 0 Å². The summed E-state index contributed by atoms with van der Waals surface area (Å²) in [6.07, 6.45) is 3.97. The summed E-state index contributed by atoms with van der Waals surface area (Å²) in [5, 5.41) is 6.86. The highest BCUT2D eigenvalue weighted by atomic mass is 16.3. The number of aryl methyl sites for hydroxylation is 1. The number of rotatable bonds is 5. The molecule has 1 fully saturated rings. The zero-order valence-corrected chi connectivity index (χ0v) is 11.6. The smallest absolute Gasteiger partial charge is 0.192 e. The average Bonchev–Trinajstić information content (AvgIpc) is 2.71. The number of nitrogens with zero attached hydrogens (tertiary/aromatic N) is 1. The third-order valence-corrected chi connectivity index (χ3v) is 4.13. The fraction of sp³-hybridized carbons (Fsp3) is 0.533. The molecule has 1 aliphatic rings. The van der Waals surface area contributed by atoms with Gasteiger partial charge in [0.15, 0.2) is 11.5 Å². The van der Waals surface area contributed by atoms with Gasteiger partial charge in [-0.2, -0.15) is 0 Å². The molecule has 19 heavy (non-hydrogen) atoms. The van der Waals surface area contributed by atoms with Crippen LogP contribution in [0.25, 0.3) is 11.1 Å². The second-order valence-electron chi connectivity index (χ2n) is 5.65. The van der Waals surface area contributed by atoms with Gasteiger partial charge in [0, 0.05) is 37.2 Å². The van der Waals surface area contributed by atoms with Gasteiger partial charge in [-0.1, -0.05) is 6.42 Å². The Balaban J connectivity index is 1.70. The van der Waals surface area contributed by atoms with Crippen molar-refractivity contribution >= 4 is 16.8 Å². The highest BCUT2D eigenvalue weighted by Gasteiger charge is 2.35. The van der Waals surface area contributed by atoms with Gasteiger partial charge in [0.2, 0.25) is 0 Å². The summed E-state index contributed by atoms with van der Waals surface area (Å²) >= 11 is 0. The van der Waals surface area contributed by atoms with E-state index in [1.807, 2.05) is 26.1 Å². The van der Waals surface area contributed by atoms with Crippen molar-refractivity contribution in [3.63, 3.8) is 0 Å². The Morgan fingerprint density at radius 2 is 2.16 bits per heavy atom. The van der Waals surface area contributed by atoms with Gasteiger partial charge in [0.05, 0.1) is 0 Å². The third-order valence-electron chi connectivity index (χ3n) is 4.13. The van der Waals surface area contributed by atoms with Crippen LogP contribution in [0, 0.1) is 12.3 Å². The van der Waals surface area contributed by atoms with E-state index in [1.54, 1.807) is 0 Å². The fourth-order valence-electron chi connectivity index (χ4n) is 2.91. The molecule has 1 saturated carbocycles. The minimum Gasteiger partial charge on any atom is -0.441 e. The summed E-state index contributed by atoms with van der Waals surface area (Å²) in [7, 11) is 2.03. The molecule has 1 aromatic carbocycles. The summed E-state index contributed by atoms with van der Waals surface area (Å²) in [5.41, 5.74) is 3.34. The molecule has 0 amide bonds. The number of aromatic nitrogens is 1. The van der Waals surface area contributed by atoms with Crippen molar-refractivity contribution in [2.24, 2.45) is 5.41 Å². The molecular formula is C15H21N3O. The Bertz CT molecular complexity index is 572. The lowest BCUT2D eigenvalue weighted by Crippen LogP contribution is -2.44. The average molecular weight is 259 g/mol. The van der Waals surface area contributed by atoms with Gasteiger partial charge in [0.25, 0.3) is 0 Å². The second-order valence-corrected chi connectivity index (χ2v) is 5.65. The summed E-state index contributed by atoms with van der Waals surface area (Å²) in [6, 6.07) is 6.14.